The Labute approximate surface area is 150 Å². The summed E-state index contributed by atoms with van der Waals surface area (Å²) in [5.41, 5.74) is 0.336. The molecule has 1 amide bonds. The lowest BCUT2D eigenvalue weighted by Gasteiger charge is -2.14. The minimum Gasteiger partial charge on any atom is -0.354 e. The van der Waals surface area contributed by atoms with Crippen molar-refractivity contribution in [1.29, 1.82) is 5.26 Å². The number of rotatable bonds is 5. The Morgan fingerprint density at radius 1 is 1.31 bits per heavy atom. The van der Waals surface area contributed by atoms with E-state index in [1.165, 1.54) is 4.57 Å². The van der Waals surface area contributed by atoms with Crippen molar-refractivity contribution in [1.82, 2.24) is 14.5 Å². The number of carbonyl (C=O) groups excluding carboxylic acids is 1. The van der Waals surface area contributed by atoms with Crippen molar-refractivity contribution < 1.29 is 4.79 Å². The first-order chi connectivity index (χ1) is 12.5. The second kappa shape index (κ2) is 7.40. The summed E-state index contributed by atoms with van der Waals surface area (Å²) in [6, 6.07) is 11.6. The van der Waals surface area contributed by atoms with Gasteiger partial charge in [-0.05, 0) is 24.3 Å². The Kier molecular flexibility index (Phi) is 5.03. The second-order valence-corrected chi connectivity index (χ2v) is 6.48. The third kappa shape index (κ3) is 3.31. The molecule has 1 atom stereocenters. The standard InChI is InChI=1S/C19H20N4O3/c1-13(14-6-3-2-4-7-14)11-21-17(24)12-23-18(25)15(10-20)16-8-5-9-22(16)19(23)26/h2-4,6-7,13H,5,8-9,11-12H2,1H3,(H,21,24)/t13-/m0/s1. The van der Waals surface area contributed by atoms with E-state index in [4.69, 9.17) is 0 Å². The van der Waals surface area contributed by atoms with Crippen LogP contribution in [0.3, 0.4) is 0 Å². The maximum absolute atomic E-state index is 12.5. The number of benzene rings is 1. The predicted molar refractivity (Wildman–Crippen MR) is 95.9 cm³/mol. The number of fused-ring (bicyclic) bond motifs is 1. The van der Waals surface area contributed by atoms with Crippen molar-refractivity contribution >= 4 is 5.91 Å². The van der Waals surface area contributed by atoms with Gasteiger partial charge < -0.3 is 5.32 Å². The van der Waals surface area contributed by atoms with E-state index < -0.39 is 17.2 Å². The highest BCUT2D eigenvalue weighted by Gasteiger charge is 2.23. The number of nitriles is 1. The van der Waals surface area contributed by atoms with E-state index >= 15 is 0 Å². The van der Waals surface area contributed by atoms with E-state index in [1.807, 2.05) is 43.3 Å². The van der Waals surface area contributed by atoms with Crippen LogP contribution >= 0.6 is 0 Å². The molecule has 1 N–H and O–H groups in total. The number of nitrogens with one attached hydrogen (secondary N) is 1. The van der Waals surface area contributed by atoms with Crippen molar-refractivity contribution in [3.63, 3.8) is 0 Å². The molecule has 26 heavy (non-hydrogen) atoms. The average Bonchev–Trinajstić information content (AvgIpc) is 3.14. The number of amides is 1. The molecule has 134 valence electrons. The first kappa shape index (κ1) is 17.7. The summed E-state index contributed by atoms with van der Waals surface area (Å²) in [7, 11) is 0. The average molecular weight is 352 g/mol. The number of carbonyl (C=O) groups is 1. The van der Waals surface area contributed by atoms with Crippen molar-refractivity contribution in [3.05, 3.63) is 68.0 Å². The number of aromatic nitrogens is 2. The van der Waals surface area contributed by atoms with Gasteiger partial charge in [-0.3, -0.25) is 14.2 Å². The van der Waals surface area contributed by atoms with Crippen LogP contribution < -0.4 is 16.6 Å². The van der Waals surface area contributed by atoms with E-state index in [0.717, 1.165) is 10.1 Å². The highest BCUT2D eigenvalue weighted by Crippen LogP contribution is 2.14. The lowest BCUT2D eigenvalue weighted by molar-refractivity contribution is -0.121. The van der Waals surface area contributed by atoms with Crippen LogP contribution in [0, 0.1) is 11.3 Å². The van der Waals surface area contributed by atoms with E-state index in [2.05, 4.69) is 5.32 Å². The van der Waals surface area contributed by atoms with Gasteiger partial charge in [0.1, 0.15) is 18.2 Å². The van der Waals surface area contributed by atoms with Crippen LogP contribution in [-0.4, -0.2) is 21.6 Å². The van der Waals surface area contributed by atoms with Gasteiger partial charge in [0.25, 0.3) is 5.56 Å². The van der Waals surface area contributed by atoms with Gasteiger partial charge in [0.15, 0.2) is 0 Å². The van der Waals surface area contributed by atoms with E-state index in [1.54, 1.807) is 0 Å². The zero-order chi connectivity index (χ0) is 18.7. The van der Waals surface area contributed by atoms with E-state index in [0.29, 0.717) is 31.6 Å². The summed E-state index contributed by atoms with van der Waals surface area (Å²) < 4.78 is 2.29. The summed E-state index contributed by atoms with van der Waals surface area (Å²) in [6.07, 6.45) is 1.25. The molecule has 0 saturated heterocycles. The maximum Gasteiger partial charge on any atom is 0.331 e. The van der Waals surface area contributed by atoms with Crippen LogP contribution in [0.4, 0.5) is 0 Å². The van der Waals surface area contributed by atoms with Crippen LogP contribution in [-0.2, 0) is 24.3 Å². The smallest absolute Gasteiger partial charge is 0.331 e. The van der Waals surface area contributed by atoms with Gasteiger partial charge in [-0.2, -0.15) is 5.26 Å². The number of hydrogen-bond acceptors (Lipinski definition) is 4. The molecule has 1 aromatic carbocycles. The Balaban J connectivity index is 1.75. The normalized spacial score (nSPS) is 13.7. The lowest BCUT2D eigenvalue weighted by Crippen LogP contribution is -2.45. The van der Waals surface area contributed by atoms with E-state index in [9.17, 15) is 19.6 Å². The zero-order valence-corrected chi connectivity index (χ0v) is 14.6. The second-order valence-electron chi connectivity index (χ2n) is 6.48. The number of nitrogens with zero attached hydrogens (tertiary/aromatic N) is 3. The molecular weight excluding hydrogens is 332 g/mol. The summed E-state index contributed by atoms with van der Waals surface area (Å²) in [6.45, 7) is 2.47. The van der Waals surface area contributed by atoms with Gasteiger partial charge in [0, 0.05) is 18.8 Å². The van der Waals surface area contributed by atoms with Crippen LogP contribution in [0.5, 0.6) is 0 Å². The fraction of sp³-hybridized carbons (Fsp3) is 0.368. The summed E-state index contributed by atoms with van der Waals surface area (Å²) >= 11 is 0. The molecule has 1 aliphatic rings. The summed E-state index contributed by atoms with van der Waals surface area (Å²) in [4.78, 5) is 37.2. The first-order valence-corrected chi connectivity index (χ1v) is 8.61. The molecule has 0 bridgehead atoms. The van der Waals surface area contributed by atoms with Crippen molar-refractivity contribution in [2.75, 3.05) is 6.54 Å². The molecule has 3 rings (SSSR count). The fourth-order valence-electron chi connectivity index (χ4n) is 3.25. The molecule has 2 aromatic rings. The predicted octanol–water partition coefficient (Wildman–Crippen LogP) is 0.748. The minimum atomic E-state index is -0.683. The molecule has 7 nitrogen and oxygen atoms in total. The molecule has 0 unspecified atom stereocenters. The van der Waals surface area contributed by atoms with Crippen LogP contribution in [0.1, 0.15) is 36.1 Å². The fourth-order valence-corrected chi connectivity index (χ4v) is 3.25. The van der Waals surface area contributed by atoms with Gasteiger partial charge >= 0.3 is 5.69 Å². The van der Waals surface area contributed by atoms with Gasteiger partial charge in [-0.1, -0.05) is 37.3 Å². The molecule has 1 aromatic heterocycles. The Morgan fingerprint density at radius 3 is 2.73 bits per heavy atom. The molecular formula is C19H20N4O3. The van der Waals surface area contributed by atoms with Crippen molar-refractivity contribution in [2.24, 2.45) is 0 Å². The Hall–Kier alpha value is -3.14. The van der Waals surface area contributed by atoms with Gasteiger partial charge in [0.2, 0.25) is 5.91 Å². The van der Waals surface area contributed by atoms with E-state index in [-0.39, 0.29) is 18.0 Å². The van der Waals surface area contributed by atoms with Gasteiger partial charge in [-0.15, -0.1) is 0 Å². The van der Waals surface area contributed by atoms with Crippen molar-refractivity contribution in [3.8, 4) is 6.07 Å². The highest BCUT2D eigenvalue weighted by molar-refractivity contribution is 5.75. The minimum absolute atomic E-state index is 0.0347. The maximum atomic E-state index is 12.5. The molecule has 0 saturated carbocycles. The largest absolute Gasteiger partial charge is 0.354 e. The molecule has 1 aliphatic heterocycles. The third-order valence-electron chi connectivity index (χ3n) is 4.72. The summed E-state index contributed by atoms with van der Waals surface area (Å²) in [5, 5.41) is 12.0. The Morgan fingerprint density at radius 2 is 2.04 bits per heavy atom. The monoisotopic (exact) mass is 352 g/mol. The van der Waals surface area contributed by atoms with Gasteiger partial charge in [-0.25, -0.2) is 9.36 Å². The van der Waals surface area contributed by atoms with Gasteiger partial charge in [0.05, 0.1) is 0 Å². The molecule has 2 heterocycles. The van der Waals surface area contributed by atoms with Crippen LogP contribution in [0.25, 0.3) is 0 Å². The molecule has 7 heteroatoms. The van der Waals surface area contributed by atoms with Crippen molar-refractivity contribution in [2.45, 2.75) is 38.8 Å². The lowest BCUT2D eigenvalue weighted by atomic mass is 10.0. The third-order valence-corrected chi connectivity index (χ3v) is 4.72. The molecule has 0 aliphatic carbocycles. The highest BCUT2D eigenvalue weighted by atomic mass is 16.2. The SMILES string of the molecule is C[C@@H](CNC(=O)Cn1c(=O)c(C#N)c2n(c1=O)CCC2)c1ccccc1. The quantitative estimate of drug-likeness (QED) is 0.859. The zero-order valence-electron chi connectivity index (χ0n) is 14.6. The topological polar surface area (TPSA) is 96.9 Å². The first-order valence-electron chi connectivity index (χ1n) is 8.61. The Bertz CT molecular complexity index is 983. The molecule has 0 radical (unpaired) electrons. The number of hydrogen-bond donors (Lipinski definition) is 1. The molecule has 0 spiro atoms. The molecule has 0 fully saturated rings. The van der Waals surface area contributed by atoms with Crippen LogP contribution in [0.15, 0.2) is 39.9 Å². The van der Waals surface area contributed by atoms with Crippen LogP contribution in [0.2, 0.25) is 0 Å². The summed E-state index contributed by atoms with van der Waals surface area (Å²) in [5.74, 6) is -0.318.